The first-order valence-electron chi connectivity index (χ1n) is 8.63. The highest BCUT2D eigenvalue weighted by Crippen LogP contribution is 2.36. The van der Waals surface area contributed by atoms with Crippen molar-refractivity contribution in [2.45, 2.75) is 51.8 Å². The van der Waals surface area contributed by atoms with Gasteiger partial charge in [0.25, 0.3) is 0 Å². The van der Waals surface area contributed by atoms with Crippen LogP contribution in [-0.2, 0) is 6.54 Å². The molecular weight excluding hydrogens is 284 g/mol. The van der Waals surface area contributed by atoms with Crippen molar-refractivity contribution < 1.29 is 4.74 Å². The Hall–Kier alpha value is -1.87. The molecule has 0 spiro atoms. The Morgan fingerprint density at radius 1 is 1.13 bits per heavy atom. The zero-order valence-corrected chi connectivity index (χ0v) is 14.1. The van der Waals surface area contributed by atoms with Crippen LogP contribution < -0.4 is 4.74 Å². The molecule has 1 unspecified atom stereocenters. The standard InChI is InChI=1S/C20H26N2O/c1-16(2)23-20-18(11-8-13-21-20)19-12-6-7-14-22(19)15-17-9-4-3-5-10-17/h3-5,8-11,13,16,19H,6-7,12,14-15H2,1-2H3. The van der Waals surface area contributed by atoms with E-state index >= 15 is 0 Å². The fraction of sp³-hybridized carbons (Fsp3) is 0.450. The van der Waals surface area contributed by atoms with Crippen molar-refractivity contribution in [2.24, 2.45) is 0 Å². The second-order valence-corrected chi connectivity index (χ2v) is 6.53. The summed E-state index contributed by atoms with van der Waals surface area (Å²) in [5, 5.41) is 0. The number of likely N-dealkylation sites (tertiary alicyclic amines) is 1. The smallest absolute Gasteiger partial charge is 0.218 e. The Balaban J connectivity index is 1.84. The van der Waals surface area contributed by atoms with Gasteiger partial charge in [0.15, 0.2) is 0 Å². The predicted molar refractivity (Wildman–Crippen MR) is 93.4 cm³/mol. The summed E-state index contributed by atoms with van der Waals surface area (Å²) in [6.07, 6.45) is 5.68. The minimum Gasteiger partial charge on any atom is -0.475 e. The lowest BCUT2D eigenvalue weighted by Gasteiger charge is -2.36. The zero-order valence-electron chi connectivity index (χ0n) is 14.1. The van der Waals surface area contributed by atoms with Crippen LogP contribution in [0.25, 0.3) is 0 Å². The molecule has 0 saturated carbocycles. The van der Waals surface area contributed by atoms with Crippen molar-refractivity contribution in [3.05, 3.63) is 59.8 Å². The van der Waals surface area contributed by atoms with Crippen LogP contribution in [0, 0.1) is 0 Å². The summed E-state index contributed by atoms with van der Waals surface area (Å²) in [7, 11) is 0. The Morgan fingerprint density at radius 2 is 1.96 bits per heavy atom. The molecule has 1 saturated heterocycles. The maximum atomic E-state index is 5.96. The molecule has 23 heavy (non-hydrogen) atoms. The summed E-state index contributed by atoms with van der Waals surface area (Å²) in [6.45, 7) is 6.24. The number of piperidine rings is 1. The van der Waals surface area contributed by atoms with Gasteiger partial charge in [-0.25, -0.2) is 4.98 Å². The fourth-order valence-electron chi connectivity index (χ4n) is 3.33. The maximum absolute atomic E-state index is 5.96. The lowest BCUT2D eigenvalue weighted by molar-refractivity contribution is 0.133. The van der Waals surface area contributed by atoms with E-state index in [0.717, 1.165) is 19.0 Å². The molecule has 1 aromatic heterocycles. The van der Waals surface area contributed by atoms with Gasteiger partial charge in [-0.2, -0.15) is 0 Å². The highest BCUT2D eigenvalue weighted by Gasteiger charge is 2.27. The van der Waals surface area contributed by atoms with Crippen LogP contribution in [0.3, 0.4) is 0 Å². The average Bonchev–Trinajstić information content (AvgIpc) is 2.56. The molecule has 122 valence electrons. The number of rotatable bonds is 5. The van der Waals surface area contributed by atoms with Gasteiger partial charge in [-0.05, 0) is 44.9 Å². The van der Waals surface area contributed by atoms with Crippen molar-refractivity contribution in [1.29, 1.82) is 0 Å². The lowest BCUT2D eigenvalue weighted by Crippen LogP contribution is -2.33. The van der Waals surface area contributed by atoms with Gasteiger partial charge in [-0.3, -0.25) is 4.90 Å². The molecule has 1 aromatic carbocycles. The van der Waals surface area contributed by atoms with Crippen LogP contribution >= 0.6 is 0 Å². The molecule has 0 amide bonds. The number of hydrogen-bond donors (Lipinski definition) is 0. The molecule has 1 atom stereocenters. The van der Waals surface area contributed by atoms with Gasteiger partial charge in [-0.15, -0.1) is 0 Å². The van der Waals surface area contributed by atoms with E-state index in [-0.39, 0.29) is 6.10 Å². The van der Waals surface area contributed by atoms with Crippen molar-refractivity contribution in [1.82, 2.24) is 9.88 Å². The first-order valence-corrected chi connectivity index (χ1v) is 8.63. The molecular formula is C20H26N2O. The Kier molecular flexibility index (Phi) is 5.29. The molecule has 3 nitrogen and oxygen atoms in total. The predicted octanol–water partition coefficient (Wildman–Crippen LogP) is 4.60. The summed E-state index contributed by atoms with van der Waals surface area (Å²) in [5.74, 6) is 0.799. The SMILES string of the molecule is CC(C)Oc1ncccc1C1CCCCN1Cc1ccccc1. The molecule has 0 bridgehead atoms. The quantitative estimate of drug-likeness (QED) is 0.807. The third-order valence-corrected chi connectivity index (χ3v) is 4.35. The van der Waals surface area contributed by atoms with Gasteiger partial charge < -0.3 is 4.74 Å². The molecule has 1 fully saturated rings. The van der Waals surface area contributed by atoms with Gasteiger partial charge in [0, 0.05) is 24.3 Å². The number of aromatic nitrogens is 1. The van der Waals surface area contributed by atoms with Gasteiger partial charge in [0.2, 0.25) is 5.88 Å². The van der Waals surface area contributed by atoms with Gasteiger partial charge in [0.1, 0.15) is 0 Å². The summed E-state index contributed by atoms with van der Waals surface area (Å²) >= 11 is 0. The number of pyridine rings is 1. The summed E-state index contributed by atoms with van der Waals surface area (Å²) in [5.41, 5.74) is 2.60. The highest BCUT2D eigenvalue weighted by molar-refractivity contribution is 5.30. The third-order valence-electron chi connectivity index (χ3n) is 4.35. The second kappa shape index (κ2) is 7.60. The van der Waals surface area contributed by atoms with Crippen molar-refractivity contribution in [2.75, 3.05) is 6.54 Å². The van der Waals surface area contributed by atoms with Gasteiger partial charge >= 0.3 is 0 Å². The van der Waals surface area contributed by atoms with Gasteiger partial charge in [-0.1, -0.05) is 42.8 Å². The van der Waals surface area contributed by atoms with E-state index < -0.39 is 0 Å². The van der Waals surface area contributed by atoms with E-state index in [1.165, 1.54) is 30.4 Å². The van der Waals surface area contributed by atoms with Crippen molar-refractivity contribution >= 4 is 0 Å². The molecule has 0 aliphatic carbocycles. The molecule has 1 aliphatic heterocycles. The van der Waals surface area contributed by atoms with E-state index in [1.807, 2.05) is 12.3 Å². The summed E-state index contributed by atoms with van der Waals surface area (Å²) < 4.78 is 5.96. The van der Waals surface area contributed by atoms with Crippen molar-refractivity contribution in [3.8, 4) is 5.88 Å². The molecule has 1 aliphatic rings. The van der Waals surface area contributed by atoms with E-state index in [4.69, 9.17) is 4.74 Å². The first kappa shape index (κ1) is 16.0. The molecule has 0 radical (unpaired) electrons. The molecule has 3 rings (SSSR count). The molecule has 0 N–H and O–H groups in total. The van der Waals surface area contributed by atoms with Crippen molar-refractivity contribution in [3.63, 3.8) is 0 Å². The number of hydrogen-bond acceptors (Lipinski definition) is 3. The van der Waals surface area contributed by atoms with Gasteiger partial charge in [0.05, 0.1) is 6.10 Å². The van der Waals surface area contributed by atoms with E-state index in [2.05, 4.69) is 60.1 Å². The second-order valence-electron chi connectivity index (χ2n) is 6.53. The van der Waals surface area contributed by atoms with E-state index in [0.29, 0.717) is 6.04 Å². The Morgan fingerprint density at radius 3 is 2.74 bits per heavy atom. The zero-order chi connectivity index (χ0) is 16.1. The van der Waals surface area contributed by atoms with E-state index in [1.54, 1.807) is 0 Å². The van der Waals surface area contributed by atoms with Crippen LogP contribution in [-0.4, -0.2) is 22.5 Å². The number of benzene rings is 1. The minimum absolute atomic E-state index is 0.148. The van der Waals surface area contributed by atoms with Crippen LogP contribution in [0.4, 0.5) is 0 Å². The maximum Gasteiger partial charge on any atom is 0.218 e. The summed E-state index contributed by atoms with van der Waals surface area (Å²) in [4.78, 5) is 7.06. The van der Waals surface area contributed by atoms with Crippen LogP contribution in [0.5, 0.6) is 5.88 Å². The molecule has 2 aromatic rings. The highest BCUT2D eigenvalue weighted by atomic mass is 16.5. The third kappa shape index (κ3) is 4.11. The van der Waals surface area contributed by atoms with E-state index in [9.17, 15) is 0 Å². The normalized spacial score (nSPS) is 19.0. The largest absolute Gasteiger partial charge is 0.475 e. The van der Waals surface area contributed by atoms with Crippen LogP contribution in [0.15, 0.2) is 48.7 Å². The Labute approximate surface area is 139 Å². The Bertz CT molecular complexity index is 612. The number of nitrogens with zero attached hydrogens (tertiary/aromatic N) is 2. The minimum atomic E-state index is 0.148. The fourth-order valence-corrected chi connectivity index (χ4v) is 3.33. The molecule has 2 heterocycles. The number of ether oxygens (including phenoxy) is 1. The van der Waals surface area contributed by atoms with Crippen LogP contribution in [0.1, 0.15) is 50.3 Å². The monoisotopic (exact) mass is 310 g/mol. The first-order chi connectivity index (χ1) is 11.2. The lowest BCUT2D eigenvalue weighted by atomic mass is 9.95. The molecule has 3 heteroatoms. The average molecular weight is 310 g/mol. The summed E-state index contributed by atoms with van der Waals surface area (Å²) in [6, 6.07) is 15.3. The topological polar surface area (TPSA) is 25.4 Å². The van der Waals surface area contributed by atoms with Crippen LogP contribution in [0.2, 0.25) is 0 Å².